The van der Waals surface area contributed by atoms with Crippen molar-refractivity contribution < 1.29 is 22.7 Å². The Morgan fingerprint density at radius 3 is 2.66 bits per heavy atom. The molecule has 29 heavy (non-hydrogen) atoms. The molecule has 3 rings (SSSR count). The quantitative estimate of drug-likeness (QED) is 0.471. The molecule has 0 aliphatic rings. The fourth-order valence-electron chi connectivity index (χ4n) is 2.62. The van der Waals surface area contributed by atoms with Crippen LogP contribution in [-0.2, 0) is 12.8 Å². The number of carbonyl (C=O) groups is 1. The van der Waals surface area contributed by atoms with E-state index in [4.69, 9.17) is 16.3 Å². The van der Waals surface area contributed by atoms with Crippen molar-refractivity contribution in [2.24, 2.45) is 0 Å². The van der Waals surface area contributed by atoms with E-state index < -0.39 is 22.7 Å². The van der Waals surface area contributed by atoms with Gasteiger partial charge in [0.15, 0.2) is 0 Å². The first-order valence-corrected chi connectivity index (χ1v) is 9.85. The van der Waals surface area contributed by atoms with Crippen LogP contribution in [0.5, 0.6) is 5.75 Å². The third-order valence-electron chi connectivity index (χ3n) is 4.36. The van der Waals surface area contributed by atoms with Gasteiger partial charge in [0.1, 0.15) is 12.4 Å². The van der Waals surface area contributed by atoms with Crippen molar-refractivity contribution in [3.8, 4) is 5.75 Å². The van der Waals surface area contributed by atoms with Crippen LogP contribution in [0.2, 0.25) is 5.02 Å². The molecule has 1 N–H and O–H groups in total. The van der Waals surface area contributed by atoms with Gasteiger partial charge in [-0.2, -0.15) is 13.2 Å². The Labute approximate surface area is 175 Å². The number of alkyl halides is 3. The SMILES string of the molecule is Cc1cccc(OCc2csc(C(=O)Nc3ccc(Cl)c(C(F)(F)F)c3)c2)c1C. The first kappa shape index (κ1) is 21.2. The first-order valence-electron chi connectivity index (χ1n) is 8.59. The van der Waals surface area contributed by atoms with Gasteiger partial charge in [-0.1, -0.05) is 23.7 Å². The third kappa shape index (κ3) is 5.10. The fourth-order valence-corrected chi connectivity index (χ4v) is 3.64. The van der Waals surface area contributed by atoms with E-state index in [1.165, 1.54) is 17.4 Å². The zero-order valence-electron chi connectivity index (χ0n) is 15.6. The van der Waals surface area contributed by atoms with Gasteiger partial charge in [-0.3, -0.25) is 4.79 Å². The minimum Gasteiger partial charge on any atom is -0.489 e. The molecule has 1 aromatic heterocycles. The Hall–Kier alpha value is -2.51. The Morgan fingerprint density at radius 1 is 1.17 bits per heavy atom. The van der Waals surface area contributed by atoms with Crippen LogP contribution in [0.4, 0.5) is 18.9 Å². The highest BCUT2D eigenvalue weighted by molar-refractivity contribution is 7.12. The largest absolute Gasteiger partial charge is 0.489 e. The molecule has 0 aliphatic heterocycles. The summed E-state index contributed by atoms with van der Waals surface area (Å²) in [6, 6.07) is 10.7. The number of benzene rings is 2. The van der Waals surface area contributed by atoms with E-state index in [0.717, 1.165) is 34.6 Å². The molecule has 0 radical (unpaired) electrons. The van der Waals surface area contributed by atoms with Gasteiger partial charge in [-0.05, 0) is 60.7 Å². The molecule has 3 nitrogen and oxygen atoms in total. The summed E-state index contributed by atoms with van der Waals surface area (Å²) in [6.07, 6.45) is -4.60. The lowest BCUT2D eigenvalue weighted by atomic mass is 10.1. The van der Waals surface area contributed by atoms with Crippen molar-refractivity contribution in [2.75, 3.05) is 5.32 Å². The summed E-state index contributed by atoms with van der Waals surface area (Å²) in [5.41, 5.74) is 1.99. The van der Waals surface area contributed by atoms with Crippen molar-refractivity contribution in [2.45, 2.75) is 26.6 Å². The molecule has 3 aromatic rings. The van der Waals surface area contributed by atoms with Gasteiger partial charge in [0.05, 0.1) is 15.5 Å². The monoisotopic (exact) mass is 439 g/mol. The number of aryl methyl sites for hydroxylation is 1. The number of carbonyl (C=O) groups excluding carboxylic acids is 1. The highest BCUT2D eigenvalue weighted by Crippen LogP contribution is 2.36. The predicted octanol–water partition coefficient (Wildman–Crippen LogP) is 6.87. The second-order valence-electron chi connectivity index (χ2n) is 6.45. The number of rotatable bonds is 5. The number of hydrogen-bond acceptors (Lipinski definition) is 3. The molecule has 1 heterocycles. The normalized spacial score (nSPS) is 11.4. The first-order chi connectivity index (χ1) is 13.6. The van der Waals surface area contributed by atoms with E-state index in [9.17, 15) is 18.0 Å². The van der Waals surface area contributed by atoms with E-state index in [0.29, 0.717) is 4.88 Å². The minimum absolute atomic E-state index is 0.0216. The van der Waals surface area contributed by atoms with Crippen molar-refractivity contribution in [1.82, 2.24) is 0 Å². The Kier molecular flexibility index (Phi) is 6.19. The lowest BCUT2D eigenvalue weighted by Crippen LogP contribution is -2.12. The van der Waals surface area contributed by atoms with Crippen LogP contribution in [-0.4, -0.2) is 5.91 Å². The zero-order chi connectivity index (χ0) is 21.2. The summed E-state index contributed by atoms with van der Waals surface area (Å²) in [4.78, 5) is 12.8. The molecule has 0 saturated heterocycles. The topological polar surface area (TPSA) is 38.3 Å². The van der Waals surface area contributed by atoms with Gasteiger partial charge >= 0.3 is 6.18 Å². The molecule has 152 valence electrons. The summed E-state index contributed by atoms with van der Waals surface area (Å²) in [6.45, 7) is 4.25. The van der Waals surface area contributed by atoms with Crippen LogP contribution in [0.25, 0.3) is 0 Å². The van der Waals surface area contributed by atoms with Gasteiger partial charge in [0.25, 0.3) is 5.91 Å². The molecule has 0 unspecified atom stereocenters. The zero-order valence-corrected chi connectivity index (χ0v) is 17.1. The van der Waals surface area contributed by atoms with Gasteiger partial charge in [-0.25, -0.2) is 0 Å². The summed E-state index contributed by atoms with van der Waals surface area (Å²) in [5.74, 6) is 0.270. The number of anilines is 1. The fraction of sp³-hybridized carbons (Fsp3) is 0.190. The van der Waals surface area contributed by atoms with E-state index in [1.807, 2.05) is 32.0 Å². The molecule has 2 aromatic carbocycles. The number of halogens is 4. The van der Waals surface area contributed by atoms with Gasteiger partial charge in [-0.15, -0.1) is 11.3 Å². The van der Waals surface area contributed by atoms with Crippen molar-refractivity contribution in [3.63, 3.8) is 0 Å². The van der Waals surface area contributed by atoms with Gasteiger partial charge in [0, 0.05) is 11.3 Å². The number of hydrogen-bond donors (Lipinski definition) is 1. The highest BCUT2D eigenvalue weighted by Gasteiger charge is 2.33. The van der Waals surface area contributed by atoms with Crippen LogP contribution in [0.15, 0.2) is 47.8 Å². The summed E-state index contributed by atoms with van der Waals surface area (Å²) in [5, 5.41) is 3.84. The molecule has 0 fully saturated rings. The Balaban J connectivity index is 1.67. The van der Waals surface area contributed by atoms with Crippen LogP contribution >= 0.6 is 22.9 Å². The molecule has 0 aliphatic carbocycles. The summed E-state index contributed by atoms with van der Waals surface area (Å²) in [7, 11) is 0. The Bertz CT molecular complexity index is 1050. The average molecular weight is 440 g/mol. The maximum absolute atomic E-state index is 13.0. The van der Waals surface area contributed by atoms with Crippen LogP contribution in [0.1, 0.15) is 31.9 Å². The lowest BCUT2D eigenvalue weighted by molar-refractivity contribution is -0.137. The lowest BCUT2D eigenvalue weighted by Gasteiger charge is -2.11. The second kappa shape index (κ2) is 8.47. The molecule has 8 heteroatoms. The second-order valence-corrected chi connectivity index (χ2v) is 7.77. The number of ether oxygens (including phenoxy) is 1. The van der Waals surface area contributed by atoms with Crippen molar-refractivity contribution in [3.05, 3.63) is 80.0 Å². The smallest absolute Gasteiger partial charge is 0.417 e. The van der Waals surface area contributed by atoms with Crippen LogP contribution in [0, 0.1) is 13.8 Å². The maximum Gasteiger partial charge on any atom is 0.417 e. The van der Waals surface area contributed by atoms with Gasteiger partial charge < -0.3 is 10.1 Å². The van der Waals surface area contributed by atoms with E-state index in [-0.39, 0.29) is 12.3 Å². The summed E-state index contributed by atoms with van der Waals surface area (Å²) >= 11 is 6.79. The molecule has 0 atom stereocenters. The maximum atomic E-state index is 13.0. The van der Waals surface area contributed by atoms with Crippen LogP contribution < -0.4 is 10.1 Å². The molecular weight excluding hydrogens is 423 g/mol. The molecule has 0 saturated carbocycles. The van der Waals surface area contributed by atoms with Crippen molar-refractivity contribution >= 4 is 34.5 Å². The standard InChI is InChI=1S/C21H17ClF3NO2S/c1-12-4-3-5-18(13(12)2)28-10-14-8-19(29-11-14)20(27)26-15-6-7-17(22)16(9-15)21(23,24)25/h3-9,11H,10H2,1-2H3,(H,26,27). The number of nitrogens with one attached hydrogen (secondary N) is 1. The Morgan fingerprint density at radius 2 is 1.93 bits per heavy atom. The average Bonchev–Trinajstić information content (AvgIpc) is 3.13. The predicted molar refractivity (Wildman–Crippen MR) is 109 cm³/mol. The van der Waals surface area contributed by atoms with Crippen molar-refractivity contribution in [1.29, 1.82) is 0 Å². The highest BCUT2D eigenvalue weighted by atomic mass is 35.5. The molecule has 0 spiro atoms. The molecule has 1 amide bonds. The molecular formula is C21H17ClF3NO2S. The summed E-state index contributed by atoms with van der Waals surface area (Å²) < 4.78 is 44.7. The van der Waals surface area contributed by atoms with Crippen LogP contribution in [0.3, 0.4) is 0 Å². The van der Waals surface area contributed by atoms with E-state index in [1.54, 1.807) is 11.4 Å². The van der Waals surface area contributed by atoms with E-state index in [2.05, 4.69) is 5.32 Å². The molecule has 0 bridgehead atoms. The number of amides is 1. The third-order valence-corrected chi connectivity index (χ3v) is 5.66. The van der Waals surface area contributed by atoms with E-state index >= 15 is 0 Å². The van der Waals surface area contributed by atoms with Gasteiger partial charge in [0.2, 0.25) is 0 Å². The minimum atomic E-state index is -4.60. The number of thiophene rings is 1.